The molecule has 0 aromatic carbocycles. The first-order chi connectivity index (χ1) is 11.3. The summed E-state index contributed by atoms with van der Waals surface area (Å²) in [6.07, 6.45) is 6.44. The third kappa shape index (κ3) is 3.34. The molecule has 0 spiro atoms. The highest BCUT2D eigenvalue weighted by molar-refractivity contribution is 5.37. The monoisotopic (exact) mass is 314 g/mol. The van der Waals surface area contributed by atoms with Crippen molar-refractivity contribution < 1.29 is 4.52 Å². The molecule has 0 N–H and O–H groups in total. The Labute approximate surface area is 135 Å². The molecule has 0 unspecified atom stereocenters. The normalized spacial score (nSPS) is 21.8. The minimum Gasteiger partial charge on any atom is -0.354 e. The molecule has 1 saturated carbocycles. The summed E-state index contributed by atoms with van der Waals surface area (Å²) >= 11 is 0. The van der Waals surface area contributed by atoms with Crippen LogP contribution >= 0.6 is 0 Å². The Morgan fingerprint density at radius 2 is 2.26 bits per heavy atom. The molecule has 1 aliphatic carbocycles. The molecule has 0 bridgehead atoms. The molecule has 1 aliphatic heterocycles. The summed E-state index contributed by atoms with van der Waals surface area (Å²) in [6, 6.07) is 4.42. The first kappa shape index (κ1) is 14.6. The van der Waals surface area contributed by atoms with Crippen molar-refractivity contribution in [1.29, 1.82) is 0 Å². The summed E-state index contributed by atoms with van der Waals surface area (Å²) < 4.78 is 5.40. The van der Waals surface area contributed by atoms with Crippen LogP contribution < -0.4 is 4.90 Å². The number of rotatable bonds is 5. The zero-order valence-electron chi connectivity index (χ0n) is 13.4. The van der Waals surface area contributed by atoms with Crippen LogP contribution in [0.25, 0.3) is 0 Å². The highest BCUT2D eigenvalue weighted by Crippen LogP contribution is 2.38. The van der Waals surface area contributed by atoms with Gasteiger partial charge < -0.3 is 9.42 Å². The molecule has 7 nitrogen and oxygen atoms in total. The zero-order chi connectivity index (χ0) is 15.6. The number of piperidine rings is 1. The largest absolute Gasteiger partial charge is 0.354 e. The first-order valence-electron chi connectivity index (χ1n) is 8.35. The maximum atomic E-state index is 5.40. The SMILES string of the molecule is CN(Cc1nc(C2CC2)no1)[C@H]1CCCN(c2cccnn2)C1. The summed E-state index contributed by atoms with van der Waals surface area (Å²) in [7, 11) is 2.13. The van der Waals surface area contributed by atoms with Gasteiger partial charge in [-0.15, -0.1) is 5.10 Å². The third-order valence-electron chi connectivity index (χ3n) is 4.71. The van der Waals surface area contributed by atoms with Gasteiger partial charge in [0.2, 0.25) is 5.89 Å². The van der Waals surface area contributed by atoms with E-state index in [0.29, 0.717) is 18.5 Å². The molecule has 2 aromatic heterocycles. The molecule has 0 radical (unpaired) electrons. The van der Waals surface area contributed by atoms with Crippen molar-refractivity contribution >= 4 is 5.82 Å². The lowest BCUT2D eigenvalue weighted by molar-refractivity contribution is 0.183. The highest BCUT2D eigenvalue weighted by Gasteiger charge is 2.30. The van der Waals surface area contributed by atoms with Crippen LogP contribution in [0, 0.1) is 0 Å². The second-order valence-corrected chi connectivity index (χ2v) is 6.56. The van der Waals surface area contributed by atoms with Crippen LogP contribution in [0.1, 0.15) is 43.3 Å². The van der Waals surface area contributed by atoms with Crippen molar-refractivity contribution in [1.82, 2.24) is 25.2 Å². The van der Waals surface area contributed by atoms with Crippen molar-refractivity contribution in [3.63, 3.8) is 0 Å². The standard InChI is InChI=1S/C16H22N6O/c1-21(11-15-18-16(20-23-15)12-6-7-12)13-4-3-9-22(10-13)14-5-2-8-17-19-14/h2,5,8,12-13H,3-4,6-7,9-11H2,1H3/t13-/m0/s1. The Morgan fingerprint density at radius 1 is 1.35 bits per heavy atom. The van der Waals surface area contributed by atoms with Gasteiger partial charge in [-0.2, -0.15) is 10.1 Å². The summed E-state index contributed by atoms with van der Waals surface area (Å²) in [5.41, 5.74) is 0. The lowest BCUT2D eigenvalue weighted by Gasteiger charge is -2.37. The summed E-state index contributed by atoms with van der Waals surface area (Å²) in [4.78, 5) is 9.15. The van der Waals surface area contributed by atoms with Gasteiger partial charge in [0, 0.05) is 31.2 Å². The Hall–Kier alpha value is -2.02. The molecule has 0 amide bonds. The molecule has 7 heteroatoms. The van der Waals surface area contributed by atoms with Gasteiger partial charge >= 0.3 is 0 Å². The predicted molar refractivity (Wildman–Crippen MR) is 85.0 cm³/mol. The molecule has 23 heavy (non-hydrogen) atoms. The van der Waals surface area contributed by atoms with Gasteiger partial charge in [0.05, 0.1) is 6.54 Å². The van der Waals surface area contributed by atoms with Crippen molar-refractivity contribution in [3.05, 3.63) is 30.0 Å². The molecule has 3 heterocycles. The predicted octanol–water partition coefficient (Wildman–Crippen LogP) is 1.84. The van der Waals surface area contributed by atoms with Gasteiger partial charge in [-0.25, -0.2) is 0 Å². The quantitative estimate of drug-likeness (QED) is 0.834. The number of anilines is 1. The Kier molecular flexibility index (Phi) is 3.95. The van der Waals surface area contributed by atoms with E-state index in [1.807, 2.05) is 12.1 Å². The maximum absolute atomic E-state index is 5.40. The summed E-state index contributed by atoms with van der Waals surface area (Å²) in [5, 5.41) is 12.3. The molecule has 1 saturated heterocycles. The second kappa shape index (κ2) is 6.23. The molecule has 2 aliphatic rings. The van der Waals surface area contributed by atoms with E-state index in [2.05, 4.69) is 37.2 Å². The Morgan fingerprint density at radius 3 is 3.04 bits per heavy atom. The molecule has 1 atom stereocenters. The van der Waals surface area contributed by atoms with Gasteiger partial charge in [-0.1, -0.05) is 5.16 Å². The Bertz CT molecular complexity index is 641. The van der Waals surface area contributed by atoms with Crippen LogP contribution in [0.5, 0.6) is 0 Å². The fraction of sp³-hybridized carbons (Fsp3) is 0.625. The van der Waals surface area contributed by atoms with E-state index in [-0.39, 0.29) is 0 Å². The fourth-order valence-electron chi connectivity index (χ4n) is 3.17. The van der Waals surface area contributed by atoms with E-state index >= 15 is 0 Å². The first-order valence-corrected chi connectivity index (χ1v) is 8.35. The summed E-state index contributed by atoms with van der Waals surface area (Å²) in [6.45, 7) is 2.70. The van der Waals surface area contributed by atoms with Gasteiger partial charge in [-0.05, 0) is 44.9 Å². The van der Waals surface area contributed by atoms with Crippen LogP contribution in [0.15, 0.2) is 22.9 Å². The smallest absolute Gasteiger partial charge is 0.240 e. The summed E-state index contributed by atoms with van der Waals surface area (Å²) in [5.74, 6) is 3.11. The van der Waals surface area contributed by atoms with E-state index in [9.17, 15) is 0 Å². The molecular weight excluding hydrogens is 292 g/mol. The van der Waals surface area contributed by atoms with Gasteiger partial charge in [0.25, 0.3) is 0 Å². The van der Waals surface area contributed by atoms with Crippen LogP contribution in [0.3, 0.4) is 0 Å². The van der Waals surface area contributed by atoms with Gasteiger partial charge in [0.15, 0.2) is 11.6 Å². The molecule has 2 fully saturated rings. The molecule has 2 aromatic rings. The minimum atomic E-state index is 0.460. The Balaban J connectivity index is 1.38. The van der Waals surface area contributed by atoms with Gasteiger partial charge in [-0.3, -0.25) is 4.90 Å². The fourth-order valence-corrected chi connectivity index (χ4v) is 3.17. The zero-order valence-corrected chi connectivity index (χ0v) is 13.4. The topological polar surface area (TPSA) is 71.2 Å². The van der Waals surface area contributed by atoms with Crippen molar-refractivity contribution in [2.75, 3.05) is 25.0 Å². The number of aromatic nitrogens is 4. The van der Waals surface area contributed by atoms with Crippen LogP contribution in [0.4, 0.5) is 5.82 Å². The number of nitrogens with zero attached hydrogens (tertiary/aromatic N) is 6. The molecular formula is C16H22N6O. The lowest BCUT2D eigenvalue weighted by Crippen LogP contribution is -2.46. The van der Waals surface area contributed by atoms with Crippen LogP contribution in [-0.4, -0.2) is 51.4 Å². The van der Waals surface area contributed by atoms with Crippen molar-refractivity contribution in [3.8, 4) is 0 Å². The lowest BCUT2D eigenvalue weighted by atomic mass is 10.0. The average molecular weight is 314 g/mol. The second-order valence-electron chi connectivity index (χ2n) is 6.56. The van der Waals surface area contributed by atoms with E-state index in [4.69, 9.17) is 4.52 Å². The van der Waals surface area contributed by atoms with E-state index < -0.39 is 0 Å². The maximum Gasteiger partial charge on any atom is 0.240 e. The minimum absolute atomic E-state index is 0.460. The number of hydrogen-bond acceptors (Lipinski definition) is 7. The van der Waals surface area contributed by atoms with Crippen LogP contribution in [0.2, 0.25) is 0 Å². The van der Waals surface area contributed by atoms with E-state index in [1.54, 1.807) is 6.20 Å². The van der Waals surface area contributed by atoms with E-state index in [0.717, 1.165) is 37.0 Å². The van der Waals surface area contributed by atoms with Crippen molar-refractivity contribution in [2.45, 2.75) is 44.2 Å². The van der Waals surface area contributed by atoms with E-state index in [1.165, 1.54) is 19.3 Å². The van der Waals surface area contributed by atoms with Crippen molar-refractivity contribution in [2.24, 2.45) is 0 Å². The number of likely N-dealkylation sites (N-methyl/N-ethyl adjacent to an activating group) is 1. The van der Waals surface area contributed by atoms with Crippen LogP contribution in [-0.2, 0) is 6.54 Å². The average Bonchev–Trinajstić information content (AvgIpc) is 3.36. The number of hydrogen-bond donors (Lipinski definition) is 0. The molecule has 4 rings (SSSR count). The van der Waals surface area contributed by atoms with Gasteiger partial charge in [0.1, 0.15) is 0 Å². The third-order valence-corrected chi connectivity index (χ3v) is 4.71. The highest BCUT2D eigenvalue weighted by atomic mass is 16.5. The molecule has 122 valence electrons.